The third-order valence-electron chi connectivity index (χ3n) is 4.18. The van der Waals surface area contributed by atoms with Crippen LogP contribution >= 0.6 is 23.8 Å². The molecule has 2 aromatic carbocycles. The van der Waals surface area contributed by atoms with Gasteiger partial charge in [-0.3, -0.25) is 10.1 Å². The van der Waals surface area contributed by atoms with Gasteiger partial charge in [0.05, 0.1) is 11.4 Å². The van der Waals surface area contributed by atoms with Crippen LogP contribution in [-0.4, -0.2) is 20.8 Å². The monoisotopic (exact) mass is 398 g/mol. The van der Waals surface area contributed by atoms with Gasteiger partial charge in [-0.05, 0) is 56.2 Å². The topological polar surface area (TPSA) is 58.9 Å². The molecule has 0 spiro atoms. The molecule has 2 N–H and O–H groups in total. The average Bonchev–Trinajstić information content (AvgIpc) is 2.93. The SMILES string of the molecule is Cc1cccc(C)c1NC(=S)NC(=O)c1c(C)nn(-c2ccccc2)c1Cl. The zero-order valence-corrected chi connectivity index (χ0v) is 16.8. The number of hydrogen-bond acceptors (Lipinski definition) is 3. The van der Waals surface area contributed by atoms with Crippen molar-refractivity contribution < 1.29 is 4.79 Å². The molecule has 0 aliphatic heterocycles. The van der Waals surface area contributed by atoms with Crippen molar-refractivity contribution in [1.82, 2.24) is 15.1 Å². The third kappa shape index (κ3) is 4.02. The smallest absolute Gasteiger partial charge is 0.262 e. The van der Waals surface area contributed by atoms with Gasteiger partial charge in [0.15, 0.2) is 5.11 Å². The molecule has 7 heteroatoms. The maximum Gasteiger partial charge on any atom is 0.262 e. The Morgan fingerprint density at radius 2 is 1.67 bits per heavy atom. The second-order valence-corrected chi connectivity index (χ2v) is 6.94. The second kappa shape index (κ2) is 7.90. The van der Waals surface area contributed by atoms with Crippen LogP contribution in [0.4, 0.5) is 5.69 Å². The van der Waals surface area contributed by atoms with E-state index in [0.29, 0.717) is 11.3 Å². The quantitative estimate of drug-likeness (QED) is 0.634. The van der Waals surface area contributed by atoms with E-state index in [0.717, 1.165) is 22.5 Å². The molecule has 1 aromatic heterocycles. The van der Waals surface area contributed by atoms with Crippen LogP contribution < -0.4 is 10.6 Å². The lowest BCUT2D eigenvalue weighted by Gasteiger charge is -2.14. The van der Waals surface area contributed by atoms with Crippen molar-refractivity contribution in [2.24, 2.45) is 0 Å². The molecule has 0 fully saturated rings. The van der Waals surface area contributed by atoms with Crippen LogP contribution in [0.1, 0.15) is 27.2 Å². The van der Waals surface area contributed by atoms with E-state index >= 15 is 0 Å². The first-order valence-electron chi connectivity index (χ1n) is 8.37. The fourth-order valence-electron chi connectivity index (χ4n) is 2.82. The molecule has 0 saturated carbocycles. The van der Waals surface area contributed by atoms with E-state index in [1.807, 2.05) is 62.4 Å². The first-order chi connectivity index (χ1) is 12.9. The highest BCUT2D eigenvalue weighted by Crippen LogP contribution is 2.24. The molecule has 0 radical (unpaired) electrons. The van der Waals surface area contributed by atoms with Crippen LogP contribution in [0.2, 0.25) is 5.15 Å². The number of nitrogens with one attached hydrogen (secondary N) is 2. The van der Waals surface area contributed by atoms with Crippen molar-refractivity contribution in [3.63, 3.8) is 0 Å². The fourth-order valence-corrected chi connectivity index (χ4v) is 3.37. The Morgan fingerprint density at radius 3 is 2.30 bits per heavy atom. The van der Waals surface area contributed by atoms with Crippen LogP contribution in [-0.2, 0) is 0 Å². The predicted molar refractivity (Wildman–Crippen MR) is 113 cm³/mol. The van der Waals surface area contributed by atoms with Gasteiger partial charge < -0.3 is 5.32 Å². The molecular weight excluding hydrogens is 380 g/mol. The van der Waals surface area contributed by atoms with Gasteiger partial charge in [0.25, 0.3) is 5.91 Å². The fraction of sp³-hybridized carbons (Fsp3) is 0.150. The molecule has 0 aliphatic rings. The van der Waals surface area contributed by atoms with Crippen molar-refractivity contribution in [1.29, 1.82) is 0 Å². The zero-order chi connectivity index (χ0) is 19.6. The lowest BCUT2D eigenvalue weighted by Crippen LogP contribution is -2.34. The van der Waals surface area contributed by atoms with Crippen molar-refractivity contribution in [3.8, 4) is 5.69 Å². The summed E-state index contributed by atoms with van der Waals surface area (Å²) in [4.78, 5) is 12.7. The van der Waals surface area contributed by atoms with Gasteiger partial charge in [-0.15, -0.1) is 0 Å². The van der Waals surface area contributed by atoms with E-state index < -0.39 is 5.91 Å². The molecule has 0 atom stereocenters. The Kier molecular flexibility index (Phi) is 5.58. The predicted octanol–water partition coefficient (Wildman–Crippen LogP) is 4.58. The van der Waals surface area contributed by atoms with E-state index in [1.54, 1.807) is 6.92 Å². The van der Waals surface area contributed by atoms with E-state index in [4.69, 9.17) is 23.8 Å². The summed E-state index contributed by atoms with van der Waals surface area (Å²) in [6, 6.07) is 15.3. The minimum atomic E-state index is -0.400. The largest absolute Gasteiger partial charge is 0.332 e. The number of hydrogen-bond donors (Lipinski definition) is 2. The molecule has 3 rings (SSSR count). The number of amides is 1. The van der Waals surface area contributed by atoms with Gasteiger partial charge in [0.1, 0.15) is 10.7 Å². The zero-order valence-electron chi connectivity index (χ0n) is 15.2. The van der Waals surface area contributed by atoms with Crippen molar-refractivity contribution >= 4 is 40.5 Å². The number of benzene rings is 2. The van der Waals surface area contributed by atoms with E-state index in [9.17, 15) is 4.79 Å². The summed E-state index contributed by atoms with van der Waals surface area (Å²) in [5.41, 5.74) is 4.56. The Labute approximate surface area is 168 Å². The molecule has 1 heterocycles. The van der Waals surface area contributed by atoms with Crippen molar-refractivity contribution in [2.75, 3.05) is 5.32 Å². The Hall–Kier alpha value is -2.70. The van der Waals surface area contributed by atoms with Gasteiger partial charge in [0.2, 0.25) is 0 Å². The van der Waals surface area contributed by atoms with Crippen molar-refractivity contribution in [3.05, 3.63) is 76.1 Å². The van der Waals surface area contributed by atoms with Gasteiger partial charge in [-0.2, -0.15) is 5.10 Å². The summed E-state index contributed by atoms with van der Waals surface area (Å²) in [5.74, 6) is -0.400. The van der Waals surface area contributed by atoms with E-state index in [1.165, 1.54) is 4.68 Å². The Morgan fingerprint density at radius 1 is 1.04 bits per heavy atom. The summed E-state index contributed by atoms with van der Waals surface area (Å²) >= 11 is 11.7. The summed E-state index contributed by atoms with van der Waals surface area (Å²) in [7, 11) is 0. The standard InChI is InChI=1S/C20H19ClN4OS/c1-12-8-7-9-13(2)17(12)22-20(27)23-19(26)16-14(3)24-25(18(16)21)15-10-5-4-6-11-15/h4-11H,1-3H3,(H2,22,23,26,27). The second-order valence-electron chi connectivity index (χ2n) is 6.17. The molecule has 0 aliphatic carbocycles. The number of carbonyl (C=O) groups excluding carboxylic acids is 1. The molecule has 5 nitrogen and oxygen atoms in total. The maximum atomic E-state index is 12.7. The maximum absolute atomic E-state index is 12.7. The lowest BCUT2D eigenvalue weighted by molar-refractivity contribution is 0.0977. The molecule has 27 heavy (non-hydrogen) atoms. The van der Waals surface area contributed by atoms with Crippen molar-refractivity contribution in [2.45, 2.75) is 20.8 Å². The van der Waals surface area contributed by atoms with Crippen LogP contribution in [0.5, 0.6) is 0 Å². The average molecular weight is 399 g/mol. The first kappa shape index (κ1) is 19.1. The number of carbonyl (C=O) groups is 1. The highest BCUT2D eigenvalue weighted by atomic mass is 35.5. The molecule has 1 amide bonds. The Bertz CT molecular complexity index is 994. The van der Waals surface area contributed by atoms with Gasteiger partial charge >= 0.3 is 0 Å². The van der Waals surface area contributed by atoms with E-state index in [-0.39, 0.29) is 10.3 Å². The number of para-hydroxylation sites is 2. The first-order valence-corrected chi connectivity index (χ1v) is 9.16. The summed E-state index contributed by atoms with van der Waals surface area (Å²) in [5, 5.41) is 10.6. The number of rotatable bonds is 3. The highest BCUT2D eigenvalue weighted by Gasteiger charge is 2.22. The highest BCUT2D eigenvalue weighted by molar-refractivity contribution is 7.80. The number of anilines is 1. The normalized spacial score (nSPS) is 10.5. The minimum absolute atomic E-state index is 0.209. The summed E-state index contributed by atoms with van der Waals surface area (Å²) < 4.78 is 1.54. The van der Waals surface area contributed by atoms with Crippen LogP contribution in [0, 0.1) is 20.8 Å². The Balaban J connectivity index is 1.81. The van der Waals surface area contributed by atoms with Crippen LogP contribution in [0.25, 0.3) is 5.69 Å². The van der Waals surface area contributed by atoms with Gasteiger partial charge in [-0.25, -0.2) is 4.68 Å². The molecule has 3 aromatic rings. The number of aromatic nitrogens is 2. The van der Waals surface area contributed by atoms with E-state index in [2.05, 4.69) is 15.7 Å². The summed E-state index contributed by atoms with van der Waals surface area (Å²) in [6.07, 6.45) is 0. The molecule has 0 bridgehead atoms. The number of nitrogens with zero attached hydrogens (tertiary/aromatic N) is 2. The molecule has 0 unspecified atom stereocenters. The van der Waals surface area contributed by atoms with Gasteiger partial charge in [0, 0.05) is 5.69 Å². The lowest BCUT2D eigenvalue weighted by atomic mass is 10.1. The molecule has 138 valence electrons. The molecule has 0 saturated heterocycles. The molecular formula is C20H19ClN4OS. The van der Waals surface area contributed by atoms with Gasteiger partial charge in [-0.1, -0.05) is 48.0 Å². The van der Waals surface area contributed by atoms with Crippen LogP contribution in [0.15, 0.2) is 48.5 Å². The number of aryl methyl sites for hydroxylation is 3. The number of thiocarbonyl (C=S) groups is 1. The summed E-state index contributed by atoms with van der Waals surface area (Å²) in [6.45, 7) is 5.69. The van der Waals surface area contributed by atoms with Crippen LogP contribution in [0.3, 0.4) is 0 Å². The minimum Gasteiger partial charge on any atom is -0.332 e. The third-order valence-corrected chi connectivity index (χ3v) is 4.73. The number of halogens is 1.